The van der Waals surface area contributed by atoms with Gasteiger partial charge < -0.3 is 10.6 Å². The second kappa shape index (κ2) is 7.67. The number of benzene rings is 2. The van der Waals surface area contributed by atoms with E-state index < -0.39 is 6.04 Å². The molecule has 4 rings (SSSR count). The Bertz CT molecular complexity index is 1090. The summed E-state index contributed by atoms with van der Waals surface area (Å²) in [6.45, 7) is 1.95. The van der Waals surface area contributed by atoms with Crippen LogP contribution < -0.4 is 10.6 Å². The first-order valence-corrected chi connectivity index (χ1v) is 9.57. The van der Waals surface area contributed by atoms with Gasteiger partial charge in [-0.15, -0.1) is 0 Å². The summed E-state index contributed by atoms with van der Waals surface area (Å²) in [7, 11) is 0. The van der Waals surface area contributed by atoms with E-state index in [0.717, 1.165) is 16.8 Å². The fourth-order valence-electron chi connectivity index (χ4n) is 3.44. The Morgan fingerprint density at radius 1 is 1.28 bits per heavy atom. The van der Waals surface area contributed by atoms with Crippen LogP contribution in [0.2, 0.25) is 5.02 Å². The summed E-state index contributed by atoms with van der Waals surface area (Å²) in [4.78, 5) is 25.0. The first-order valence-electron chi connectivity index (χ1n) is 9.20. The molecule has 3 aromatic rings. The SMILES string of the molecule is CCc1nn2c(c1-c1ccc(F)cc1)NC(=O)C2CC(=O)Nc1cccc(Cl)c1. The zero-order chi connectivity index (χ0) is 20.5. The van der Waals surface area contributed by atoms with Crippen LogP contribution in [0.15, 0.2) is 48.5 Å². The number of hydrogen-bond acceptors (Lipinski definition) is 3. The lowest BCUT2D eigenvalue weighted by Crippen LogP contribution is -2.23. The second-order valence-corrected chi connectivity index (χ2v) is 7.18. The van der Waals surface area contributed by atoms with Crippen molar-refractivity contribution in [3.05, 3.63) is 65.1 Å². The molecule has 1 aliphatic rings. The monoisotopic (exact) mass is 412 g/mol. The van der Waals surface area contributed by atoms with Crippen molar-refractivity contribution < 1.29 is 14.0 Å². The summed E-state index contributed by atoms with van der Waals surface area (Å²) in [6.07, 6.45) is 0.559. The van der Waals surface area contributed by atoms with Gasteiger partial charge in [-0.1, -0.05) is 36.7 Å². The second-order valence-electron chi connectivity index (χ2n) is 6.74. The van der Waals surface area contributed by atoms with Crippen LogP contribution in [0.1, 0.15) is 25.1 Å². The summed E-state index contributed by atoms with van der Waals surface area (Å²) in [5.74, 6) is -0.439. The van der Waals surface area contributed by atoms with Crippen LogP contribution in [0.5, 0.6) is 0 Å². The molecule has 2 heterocycles. The van der Waals surface area contributed by atoms with Crippen LogP contribution in [0.3, 0.4) is 0 Å². The fraction of sp³-hybridized carbons (Fsp3) is 0.190. The smallest absolute Gasteiger partial charge is 0.251 e. The van der Waals surface area contributed by atoms with Crippen LogP contribution in [0.4, 0.5) is 15.9 Å². The van der Waals surface area contributed by atoms with E-state index in [4.69, 9.17) is 11.6 Å². The predicted octanol–water partition coefficient (Wildman–Crippen LogP) is 4.43. The van der Waals surface area contributed by atoms with Gasteiger partial charge in [-0.25, -0.2) is 9.07 Å². The van der Waals surface area contributed by atoms with Crippen molar-refractivity contribution in [1.29, 1.82) is 0 Å². The van der Waals surface area contributed by atoms with Crippen molar-refractivity contribution in [2.45, 2.75) is 25.8 Å². The van der Waals surface area contributed by atoms with Gasteiger partial charge in [-0.3, -0.25) is 9.59 Å². The van der Waals surface area contributed by atoms with Gasteiger partial charge in [-0.2, -0.15) is 5.10 Å². The molecule has 1 aliphatic heterocycles. The molecule has 2 N–H and O–H groups in total. The van der Waals surface area contributed by atoms with Gasteiger partial charge >= 0.3 is 0 Å². The zero-order valence-corrected chi connectivity index (χ0v) is 16.3. The number of rotatable bonds is 5. The highest BCUT2D eigenvalue weighted by atomic mass is 35.5. The Labute approximate surface area is 171 Å². The molecule has 1 aromatic heterocycles. The largest absolute Gasteiger partial charge is 0.326 e. The number of fused-ring (bicyclic) bond motifs is 1. The minimum absolute atomic E-state index is 0.0704. The number of halogens is 2. The van der Waals surface area contributed by atoms with Crippen molar-refractivity contribution in [2.75, 3.05) is 10.6 Å². The molecule has 0 saturated heterocycles. The zero-order valence-electron chi connectivity index (χ0n) is 15.6. The van der Waals surface area contributed by atoms with E-state index in [9.17, 15) is 14.0 Å². The lowest BCUT2D eigenvalue weighted by molar-refractivity contribution is -0.123. The number of nitrogens with zero attached hydrogens (tertiary/aromatic N) is 2. The highest BCUT2D eigenvalue weighted by Gasteiger charge is 2.36. The van der Waals surface area contributed by atoms with Gasteiger partial charge in [0.2, 0.25) is 5.91 Å². The number of carbonyl (C=O) groups excluding carboxylic acids is 2. The molecule has 29 heavy (non-hydrogen) atoms. The molecule has 0 bridgehead atoms. The normalized spacial score (nSPS) is 15.1. The Hall–Kier alpha value is -3.19. The molecule has 1 unspecified atom stereocenters. The van der Waals surface area contributed by atoms with E-state index in [-0.39, 0.29) is 24.1 Å². The number of aromatic nitrogens is 2. The number of hydrogen-bond donors (Lipinski definition) is 2. The van der Waals surface area contributed by atoms with Crippen molar-refractivity contribution in [3.8, 4) is 11.1 Å². The molecule has 8 heteroatoms. The minimum atomic E-state index is -0.760. The van der Waals surface area contributed by atoms with Crippen molar-refractivity contribution in [1.82, 2.24) is 9.78 Å². The van der Waals surface area contributed by atoms with E-state index in [0.29, 0.717) is 22.9 Å². The molecule has 1 atom stereocenters. The van der Waals surface area contributed by atoms with Gasteiger partial charge in [0.1, 0.15) is 17.7 Å². The highest BCUT2D eigenvalue weighted by Crippen LogP contribution is 2.38. The molecule has 0 saturated carbocycles. The number of amides is 2. The van der Waals surface area contributed by atoms with E-state index in [1.54, 1.807) is 41.1 Å². The van der Waals surface area contributed by atoms with Crippen molar-refractivity contribution in [3.63, 3.8) is 0 Å². The molecular formula is C21H18ClFN4O2. The minimum Gasteiger partial charge on any atom is -0.326 e. The highest BCUT2D eigenvalue weighted by molar-refractivity contribution is 6.30. The summed E-state index contributed by atoms with van der Waals surface area (Å²) >= 11 is 5.94. The summed E-state index contributed by atoms with van der Waals surface area (Å²) in [5, 5.41) is 10.6. The van der Waals surface area contributed by atoms with Crippen LogP contribution in [-0.2, 0) is 16.0 Å². The van der Waals surface area contributed by atoms with Gasteiger partial charge in [-0.05, 0) is 42.3 Å². The van der Waals surface area contributed by atoms with E-state index >= 15 is 0 Å². The maximum atomic E-state index is 13.3. The van der Waals surface area contributed by atoms with Crippen LogP contribution in [0, 0.1) is 5.82 Å². The molecule has 0 radical (unpaired) electrons. The average molecular weight is 413 g/mol. The Morgan fingerprint density at radius 2 is 2.03 bits per heavy atom. The van der Waals surface area contributed by atoms with Gasteiger partial charge in [0, 0.05) is 16.3 Å². The third-order valence-corrected chi connectivity index (χ3v) is 5.01. The first-order chi connectivity index (χ1) is 14.0. The average Bonchev–Trinajstić information content (AvgIpc) is 3.18. The molecule has 0 spiro atoms. The molecule has 6 nitrogen and oxygen atoms in total. The van der Waals surface area contributed by atoms with Gasteiger partial charge in [0.05, 0.1) is 12.1 Å². The molecular weight excluding hydrogens is 395 g/mol. The molecule has 2 aromatic carbocycles. The maximum absolute atomic E-state index is 13.3. The first kappa shape index (κ1) is 19.1. The molecule has 2 amide bonds. The Morgan fingerprint density at radius 3 is 2.72 bits per heavy atom. The van der Waals surface area contributed by atoms with Gasteiger partial charge in [0.25, 0.3) is 5.91 Å². The summed E-state index contributed by atoms with van der Waals surface area (Å²) in [5.41, 5.74) is 2.84. The number of aryl methyl sites for hydroxylation is 1. The third-order valence-electron chi connectivity index (χ3n) is 4.78. The topological polar surface area (TPSA) is 76.0 Å². The van der Waals surface area contributed by atoms with Gasteiger partial charge in [0.15, 0.2) is 0 Å². The number of nitrogens with one attached hydrogen (secondary N) is 2. The van der Waals surface area contributed by atoms with E-state index in [1.807, 2.05) is 6.92 Å². The standard InChI is InChI=1S/C21H18ClFN4O2/c1-2-16-19(12-6-8-14(23)9-7-12)20-25-21(29)17(27(20)26-16)11-18(28)24-15-5-3-4-13(22)10-15/h3-10,17H,2,11H2,1H3,(H,24,28)(H,25,29). The Balaban J connectivity index is 1.61. The van der Waals surface area contributed by atoms with Crippen molar-refractivity contribution in [2.24, 2.45) is 0 Å². The summed E-state index contributed by atoms with van der Waals surface area (Å²) < 4.78 is 14.9. The van der Waals surface area contributed by atoms with Crippen LogP contribution in [0.25, 0.3) is 11.1 Å². The summed E-state index contributed by atoms with van der Waals surface area (Å²) in [6, 6.07) is 12.1. The maximum Gasteiger partial charge on any atom is 0.251 e. The number of carbonyl (C=O) groups is 2. The predicted molar refractivity (Wildman–Crippen MR) is 109 cm³/mol. The quantitative estimate of drug-likeness (QED) is 0.651. The number of anilines is 2. The molecule has 0 fully saturated rings. The van der Waals surface area contributed by atoms with Crippen LogP contribution >= 0.6 is 11.6 Å². The Kier molecular flexibility index (Phi) is 5.07. The molecule has 148 valence electrons. The lowest BCUT2D eigenvalue weighted by Gasteiger charge is -2.10. The van der Waals surface area contributed by atoms with E-state index in [2.05, 4.69) is 15.7 Å². The van der Waals surface area contributed by atoms with E-state index in [1.165, 1.54) is 12.1 Å². The third kappa shape index (κ3) is 3.73. The van der Waals surface area contributed by atoms with Crippen LogP contribution in [-0.4, -0.2) is 21.6 Å². The molecule has 0 aliphatic carbocycles. The van der Waals surface area contributed by atoms with Crippen molar-refractivity contribution >= 4 is 34.9 Å². The fourth-order valence-corrected chi connectivity index (χ4v) is 3.63. The lowest BCUT2D eigenvalue weighted by atomic mass is 10.0.